The molecule has 1 fully saturated rings. The van der Waals surface area contributed by atoms with E-state index < -0.39 is 17.3 Å². The van der Waals surface area contributed by atoms with Gasteiger partial charge in [-0.3, -0.25) is 9.78 Å². The number of piperidine rings is 1. The Kier molecular flexibility index (Phi) is 5.56. The van der Waals surface area contributed by atoms with Gasteiger partial charge in [-0.05, 0) is 50.1 Å². The molecule has 1 aliphatic heterocycles. The van der Waals surface area contributed by atoms with Gasteiger partial charge in [0.1, 0.15) is 5.82 Å². The van der Waals surface area contributed by atoms with Gasteiger partial charge < -0.3 is 21.1 Å². The van der Waals surface area contributed by atoms with Crippen molar-refractivity contribution < 1.29 is 14.3 Å². The molecular formula is C23H24FN5O2. The summed E-state index contributed by atoms with van der Waals surface area (Å²) < 4.78 is 14.2. The van der Waals surface area contributed by atoms with E-state index in [0.29, 0.717) is 17.9 Å². The van der Waals surface area contributed by atoms with E-state index in [1.54, 1.807) is 49.6 Å². The summed E-state index contributed by atoms with van der Waals surface area (Å²) in [6.45, 7) is 3.01. The van der Waals surface area contributed by atoms with Gasteiger partial charge in [-0.2, -0.15) is 0 Å². The number of hydrogen-bond donors (Lipinski definition) is 3. The molecule has 0 spiro atoms. The molecule has 0 aliphatic carbocycles. The second kappa shape index (κ2) is 8.31. The van der Waals surface area contributed by atoms with Crippen LogP contribution in [-0.2, 0) is 0 Å². The summed E-state index contributed by atoms with van der Waals surface area (Å²) in [6.07, 6.45) is 4.74. The summed E-state index contributed by atoms with van der Waals surface area (Å²) in [6, 6.07) is 11.1. The number of carbonyl (C=O) groups is 1. The van der Waals surface area contributed by atoms with Crippen molar-refractivity contribution in [1.29, 1.82) is 0 Å². The molecule has 1 aromatic carbocycles. The molecule has 160 valence electrons. The van der Waals surface area contributed by atoms with Crippen LogP contribution in [0.2, 0.25) is 0 Å². The van der Waals surface area contributed by atoms with Crippen molar-refractivity contribution in [3.8, 4) is 11.3 Å². The summed E-state index contributed by atoms with van der Waals surface area (Å²) in [7, 11) is 0. The van der Waals surface area contributed by atoms with Crippen LogP contribution in [0.4, 0.5) is 21.5 Å². The van der Waals surface area contributed by atoms with Gasteiger partial charge in [-0.1, -0.05) is 12.1 Å². The number of nitrogens with two attached hydrogens (primary N) is 1. The zero-order valence-electron chi connectivity index (χ0n) is 17.2. The molecule has 0 radical (unpaired) electrons. The molecule has 4 rings (SSSR count). The number of hydrogen-bond acceptors (Lipinski definition) is 6. The smallest absolute Gasteiger partial charge is 0.276 e. The summed E-state index contributed by atoms with van der Waals surface area (Å²) >= 11 is 0. The van der Waals surface area contributed by atoms with E-state index in [0.717, 1.165) is 25.1 Å². The second-order valence-electron chi connectivity index (χ2n) is 7.98. The van der Waals surface area contributed by atoms with Crippen molar-refractivity contribution in [2.45, 2.75) is 25.4 Å². The average Bonchev–Trinajstić information content (AvgIpc) is 2.74. The van der Waals surface area contributed by atoms with Crippen LogP contribution < -0.4 is 16.0 Å². The number of anilines is 3. The van der Waals surface area contributed by atoms with Gasteiger partial charge in [0.15, 0.2) is 5.69 Å². The van der Waals surface area contributed by atoms with Gasteiger partial charge in [0.05, 0.1) is 34.6 Å². The van der Waals surface area contributed by atoms with Crippen LogP contribution in [-0.4, -0.2) is 39.7 Å². The van der Waals surface area contributed by atoms with Crippen molar-refractivity contribution in [3.05, 3.63) is 66.4 Å². The van der Waals surface area contributed by atoms with Crippen LogP contribution in [0.15, 0.2) is 54.9 Å². The maximum absolute atomic E-state index is 14.2. The summed E-state index contributed by atoms with van der Waals surface area (Å²) in [5.41, 5.74) is 7.23. The number of benzene rings is 1. The monoisotopic (exact) mass is 421 g/mol. The summed E-state index contributed by atoms with van der Waals surface area (Å²) in [5, 5.41) is 13.3. The van der Waals surface area contributed by atoms with Gasteiger partial charge in [0.25, 0.3) is 5.91 Å². The number of nitrogen functional groups attached to an aromatic ring is 1. The van der Waals surface area contributed by atoms with E-state index in [1.165, 1.54) is 12.1 Å². The first-order chi connectivity index (χ1) is 14.8. The molecule has 3 aromatic rings. The quantitative estimate of drug-likeness (QED) is 0.596. The fraction of sp³-hybridized carbons (Fsp3) is 0.261. The molecule has 1 amide bonds. The Morgan fingerprint density at radius 2 is 2.06 bits per heavy atom. The zero-order chi connectivity index (χ0) is 22.0. The molecule has 1 saturated heterocycles. The third-order valence-electron chi connectivity index (χ3n) is 5.35. The highest BCUT2D eigenvalue weighted by molar-refractivity contribution is 6.07. The number of aromatic nitrogens is 2. The fourth-order valence-electron chi connectivity index (χ4n) is 3.84. The Morgan fingerprint density at radius 1 is 1.26 bits per heavy atom. The van der Waals surface area contributed by atoms with E-state index in [1.807, 2.05) is 4.90 Å². The highest BCUT2D eigenvalue weighted by Crippen LogP contribution is 2.31. The highest BCUT2D eigenvalue weighted by atomic mass is 19.1. The highest BCUT2D eigenvalue weighted by Gasteiger charge is 2.30. The maximum atomic E-state index is 14.2. The number of β-amino-alcohol motifs (C(OH)–C–C–N with tert-alkyl or cyclic N) is 1. The molecule has 4 N–H and O–H groups in total. The van der Waals surface area contributed by atoms with Gasteiger partial charge in [-0.25, -0.2) is 9.37 Å². The van der Waals surface area contributed by atoms with Crippen molar-refractivity contribution in [2.75, 3.05) is 29.0 Å². The number of amides is 1. The molecular weight excluding hydrogens is 397 g/mol. The first-order valence-electron chi connectivity index (χ1n) is 10.1. The van der Waals surface area contributed by atoms with Crippen molar-refractivity contribution in [1.82, 2.24) is 9.97 Å². The fourth-order valence-corrected chi connectivity index (χ4v) is 3.84. The second-order valence-corrected chi connectivity index (χ2v) is 7.98. The van der Waals surface area contributed by atoms with E-state index in [-0.39, 0.29) is 16.9 Å². The predicted octanol–water partition coefficient (Wildman–Crippen LogP) is 3.47. The normalized spacial score (nSPS) is 18.6. The van der Waals surface area contributed by atoms with E-state index in [4.69, 9.17) is 5.73 Å². The predicted molar refractivity (Wildman–Crippen MR) is 118 cm³/mol. The van der Waals surface area contributed by atoms with Crippen molar-refractivity contribution >= 4 is 23.0 Å². The molecule has 3 heterocycles. The van der Waals surface area contributed by atoms with Crippen molar-refractivity contribution in [3.63, 3.8) is 0 Å². The Balaban J connectivity index is 1.63. The molecule has 7 nitrogen and oxygen atoms in total. The molecule has 31 heavy (non-hydrogen) atoms. The largest absolute Gasteiger partial charge is 0.397 e. The lowest BCUT2D eigenvalue weighted by molar-refractivity contribution is 0.0449. The number of pyridine rings is 2. The summed E-state index contributed by atoms with van der Waals surface area (Å²) in [4.78, 5) is 23.5. The van der Waals surface area contributed by atoms with Crippen LogP contribution in [0.3, 0.4) is 0 Å². The Labute approximate surface area is 179 Å². The molecule has 0 saturated carbocycles. The lowest BCUT2D eigenvalue weighted by Crippen LogP contribution is -2.46. The van der Waals surface area contributed by atoms with E-state index in [2.05, 4.69) is 15.3 Å². The van der Waals surface area contributed by atoms with Crippen LogP contribution in [0.1, 0.15) is 30.3 Å². The van der Waals surface area contributed by atoms with Crippen LogP contribution in [0.25, 0.3) is 11.3 Å². The lowest BCUT2D eigenvalue weighted by Gasteiger charge is -2.38. The molecule has 1 atom stereocenters. The number of rotatable bonds is 4. The third-order valence-corrected chi connectivity index (χ3v) is 5.35. The standard InChI is InChI=1S/C23H24FN5O2/c1-23(31)10-4-12-29(14-23)20-9-11-26-13-19(20)28-22(30)21-17(25)7-8-18(27-21)15-5-2-3-6-16(15)24/h2-3,5-9,11,13,31H,4,10,12,14,25H2,1H3,(H,28,30). The van der Waals surface area contributed by atoms with Crippen LogP contribution >= 0.6 is 0 Å². The van der Waals surface area contributed by atoms with E-state index in [9.17, 15) is 14.3 Å². The van der Waals surface area contributed by atoms with E-state index >= 15 is 0 Å². The lowest BCUT2D eigenvalue weighted by atomic mass is 9.95. The van der Waals surface area contributed by atoms with Crippen molar-refractivity contribution in [2.24, 2.45) is 0 Å². The minimum atomic E-state index is -0.803. The van der Waals surface area contributed by atoms with Gasteiger partial charge >= 0.3 is 0 Å². The molecule has 8 heteroatoms. The maximum Gasteiger partial charge on any atom is 0.276 e. The molecule has 2 aromatic heterocycles. The van der Waals surface area contributed by atoms with Gasteiger partial charge in [-0.15, -0.1) is 0 Å². The van der Waals surface area contributed by atoms with Gasteiger partial charge in [0.2, 0.25) is 0 Å². The first kappa shape index (κ1) is 20.7. The van der Waals surface area contributed by atoms with Gasteiger partial charge in [0, 0.05) is 24.8 Å². The first-order valence-corrected chi connectivity index (χ1v) is 10.1. The number of nitrogens with one attached hydrogen (secondary N) is 1. The zero-order valence-corrected chi connectivity index (χ0v) is 17.2. The topological polar surface area (TPSA) is 104 Å². The number of aliphatic hydroxyl groups is 1. The minimum Gasteiger partial charge on any atom is -0.397 e. The third kappa shape index (κ3) is 4.49. The SMILES string of the molecule is CC1(O)CCCN(c2ccncc2NC(=O)c2nc(-c3ccccc3F)ccc2N)C1. The summed E-state index contributed by atoms with van der Waals surface area (Å²) in [5.74, 6) is -0.952. The Hall–Kier alpha value is -3.52. The number of halogens is 1. The minimum absolute atomic E-state index is 0.00111. The molecule has 1 aliphatic rings. The molecule has 0 bridgehead atoms. The Bertz CT molecular complexity index is 1120. The number of nitrogens with zero attached hydrogens (tertiary/aromatic N) is 3. The average molecular weight is 421 g/mol. The Morgan fingerprint density at radius 3 is 2.84 bits per heavy atom. The number of carbonyl (C=O) groups excluding carboxylic acids is 1. The molecule has 1 unspecified atom stereocenters. The van der Waals surface area contributed by atoms with Crippen LogP contribution in [0, 0.1) is 5.82 Å². The van der Waals surface area contributed by atoms with Crippen LogP contribution in [0.5, 0.6) is 0 Å².